The molecule has 0 spiro atoms. The van der Waals surface area contributed by atoms with Crippen molar-refractivity contribution in [2.75, 3.05) is 26.2 Å². The number of amides is 1. The number of phenolic OH excluding ortho intramolecular Hbond substituents is 1. The minimum Gasteiger partial charge on any atom is -0.507 e. The largest absolute Gasteiger partial charge is 0.507 e. The van der Waals surface area contributed by atoms with Crippen molar-refractivity contribution in [2.24, 2.45) is 0 Å². The standard InChI is InChI=1S/C14H17FN2O2/c15-10-1-4-13(18)12(9-10)14(19)17-7-5-16(6-8-17)11-2-3-11/h1,4,9,11,18H,2-3,5-8H2. The number of halogens is 1. The van der Waals surface area contributed by atoms with Crippen LogP contribution in [0, 0.1) is 5.82 Å². The van der Waals surface area contributed by atoms with Crippen LogP contribution in [0.15, 0.2) is 18.2 Å². The third-order valence-corrected chi connectivity index (χ3v) is 3.85. The van der Waals surface area contributed by atoms with Gasteiger partial charge in [0, 0.05) is 32.2 Å². The molecule has 2 aliphatic rings. The first kappa shape index (κ1) is 12.4. The van der Waals surface area contributed by atoms with Crippen LogP contribution >= 0.6 is 0 Å². The molecule has 0 atom stereocenters. The molecule has 0 unspecified atom stereocenters. The van der Waals surface area contributed by atoms with E-state index in [1.54, 1.807) is 4.90 Å². The van der Waals surface area contributed by atoms with Gasteiger partial charge in [-0.1, -0.05) is 0 Å². The number of carbonyl (C=O) groups is 1. The molecule has 1 saturated heterocycles. The highest BCUT2D eigenvalue weighted by molar-refractivity contribution is 5.96. The molecule has 0 radical (unpaired) electrons. The summed E-state index contributed by atoms with van der Waals surface area (Å²) in [4.78, 5) is 16.3. The Kier molecular flexibility index (Phi) is 3.14. The molecule has 1 aromatic rings. The Hall–Kier alpha value is -1.62. The van der Waals surface area contributed by atoms with Gasteiger partial charge in [0.1, 0.15) is 11.6 Å². The molecule has 4 nitrogen and oxygen atoms in total. The topological polar surface area (TPSA) is 43.8 Å². The molecule has 3 rings (SSSR count). The number of hydrogen-bond donors (Lipinski definition) is 1. The SMILES string of the molecule is O=C(c1cc(F)ccc1O)N1CCN(C2CC2)CC1. The van der Waals surface area contributed by atoms with E-state index in [0.29, 0.717) is 19.1 Å². The molecule has 19 heavy (non-hydrogen) atoms. The van der Waals surface area contributed by atoms with E-state index in [0.717, 1.165) is 25.2 Å². The van der Waals surface area contributed by atoms with Gasteiger partial charge in [-0.15, -0.1) is 0 Å². The maximum atomic E-state index is 13.2. The number of carbonyl (C=O) groups excluding carboxylic acids is 1. The van der Waals surface area contributed by atoms with Crippen molar-refractivity contribution in [3.8, 4) is 5.75 Å². The second kappa shape index (κ2) is 4.81. The fourth-order valence-electron chi connectivity index (χ4n) is 2.58. The highest BCUT2D eigenvalue weighted by atomic mass is 19.1. The Morgan fingerprint density at radius 2 is 1.89 bits per heavy atom. The van der Waals surface area contributed by atoms with Gasteiger partial charge in [0.25, 0.3) is 5.91 Å². The van der Waals surface area contributed by atoms with Gasteiger partial charge >= 0.3 is 0 Å². The van der Waals surface area contributed by atoms with E-state index in [9.17, 15) is 14.3 Å². The maximum Gasteiger partial charge on any atom is 0.257 e. The molecule has 1 aliphatic carbocycles. The van der Waals surface area contributed by atoms with Crippen LogP contribution in [0.4, 0.5) is 4.39 Å². The summed E-state index contributed by atoms with van der Waals surface area (Å²) in [6.07, 6.45) is 2.53. The summed E-state index contributed by atoms with van der Waals surface area (Å²) in [5, 5.41) is 9.66. The van der Waals surface area contributed by atoms with Crippen molar-refractivity contribution >= 4 is 5.91 Å². The van der Waals surface area contributed by atoms with Gasteiger partial charge in [-0.3, -0.25) is 9.69 Å². The predicted octanol–water partition coefficient (Wildman–Crippen LogP) is 1.45. The smallest absolute Gasteiger partial charge is 0.257 e. The lowest BCUT2D eigenvalue weighted by Crippen LogP contribution is -2.49. The van der Waals surface area contributed by atoms with Crippen LogP contribution in [0.1, 0.15) is 23.2 Å². The Bertz CT molecular complexity index is 494. The van der Waals surface area contributed by atoms with E-state index in [-0.39, 0.29) is 17.2 Å². The van der Waals surface area contributed by atoms with Gasteiger partial charge in [0.05, 0.1) is 5.56 Å². The van der Waals surface area contributed by atoms with Gasteiger partial charge < -0.3 is 10.0 Å². The summed E-state index contributed by atoms with van der Waals surface area (Å²) in [5.74, 6) is -0.943. The van der Waals surface area contributed by atoms with Crippen LogP contribution in [-0.2, 0) is 0 Å². The average molecular weight is 264 g/mol. The third-order valence-electron chi connectivity index (χ3n) is 3.85. The van der Waals surface area contributed by atoms with Crippen molar-refractivity contribution in [1.82, 2.24) is 9.80 Å². The Labute approximate surface area is 111 Å². The van der Waals surface area contributed by atoms with Crippen LogP contribution in [-0.4, -0.2) is 53.0 Å². The zero-order valence-corrected chi connectivity index (χ0v) is 10.7. The van der Waals surface area contributed by atoms with Gasteiger partial charge in [-0.25, -0.2) is 4.39 Å². The summed E-state index contributed by atoms with van der Waals surface area (Å²) in [6.45, 7) is 3.02. The zero-order chi connectivity index (χ0) is 13.4. The van der Waals surface area contributed by atoms with Crippen LogP contribution in [0.3, 0.4) is 0 Å². The molecule has 2 fully saturated rings. The van der Waals surface area contributed by atoms with E-state index < -0.39 is 5.82 Å². The van der Waals surface area contributed by atoms with Gasteiger partial charge in [0.2, 0.25) is 0 Å². The second-order valence-electron chi connectivity index (χ2n) is 5.22. The summed E-state index contributed by atoms with van der Waals surface area (Å²) in [5.41, 5.74) is 0.0554. The molecular formula is C14H17FN2O2. The van der Waals surface area contributed by atoms with Crippen LogP contribution in [0.5, 0.6) is 5.75 Å². The number of nitrogens with zero attached hydrogens (tertiary/aromatic N) is 2. The first-order valence-corrected chi connectivity index (χ1v) is 6.67. The normalized spacial score (nSPS) is 20.6. The highest BCUT2D eigenvalue weighted by Crippen LogP contribution is 2.28. The van der Waals surface area contributed by atoms with E-state index in [2.05, 4.69) is 4.90 Å². The van der Waals surface area contributed by atoms with Crippen molar-refractivity contribution in [2.45, 2.75) is 18.9 Å². The lowest BCUT2D eigenvalue weighted by atomic mass is 10.1. The van der Waals surface area contributed by atoms with Crippen molar-refractivity contribution in [3.63, 3.8) is 0 Å². The molecule has 102 valence electrons. The molecule has 1 heterocycles. The number of benzene rings is 1. The minimum absolute atomic E-state index is 0.0554. The van der Waals surface area contributed by atoms with Crippen LogP contribution in [0.25, 0.3) is 0 Å². The van der Waals surface area contributed by atoms with E-state index in [1.807, 2.05) is 0 Å². The van der Waals surface area contributed by atoms with E-state index in [1.165, 1.54) is 18.9 Å². The molecule has 5 heteroatoms. The minimum atomic E-state index is -0.502. The van der Waals surface area contributed by atoms with Gasteiger partial charge in [0.15, 0.2) is 0 Å². The van der Waals surface area contributed by atoms with Gasteiger partial charge in [-0.05, 0) is 31.0 Å². The molecule has 0 bridgehead atoms. The molecule has 1 aliphatic heterocycles. The van der Waals surface area contributed by atoms with Crippen LogP contribution in [0.2, 0.25) is 0 Å². The number of piperazine rings is 1. The van der Waals surface area contributed by atoms with E-state index in [4.69, 9.17) is 0 Å². The average Bonchev–Trinajstić information content (AvgIpc) is 3.25. The number of phenols is 1. The Balaban J connectivity index is 1.68. The quantitative estimate of drug-likeness (QED) is 0.879. The summed E-state index contributed by atoms with van der Waals surface area (Å²) < 4.78 is 13.2. The van der Waals surface area contributed by atoms with Crippen LogP contribution < -0.4 is 0 Å². The third kappa shape index (κ3) is 2.56. The maximum absolute atomic E-state index is 13.2. The zero-order valence-electron chi connectivity index (χ0n) is 10.7. The summed E-state index contributed by atoms with van der Waals surface area (Å²) in [6, 6.07) is 4.19. The number of rotatable bonds is 2. The molecule has 1 aromatic carbocycles. The molecule has 1 N–H and O–H groups in total. The summed E-state index contributed by atoms with van der Waals surface area (Å²) in [7, 11) is 0. The first-order valence-electron chi connectivity index (χ1n) is 6.67. The Morgan fingerprint density at radius 1 is 1.21 bits per heavy atom. The predicted molar refractivity (Wildman–Crippen MR) is 68.6 cm³/mol. The molecular weight excluding hydrogens is 247 g/mol. The van der Waals surface area contributed by atoms with E-state index >= 15 is 0 Å². The van der Waals surface area contributed by atoms with Crippen molar-refractivity contribution < 1.29 is 14.3 Å². The fraction of sp³-hybridized carbons (Fsp3) is 0.500. The van der Waals surface area contributed by atoms with Crippen molar-refractivity contribution in [3.05, 3.63) is 29.6 Å². The lowest BCUT2D eigenvalue weighted by molar-refractivity contribution is 0.0624. The Morgan fingerprint density at radius 3 is 2.53 bits per heavy atom. The summed E-state index contributed by atoms with van der Waals surface area (Å²) >= 11 is 0. The fourth-order valence-corrected chi connectivity index (χ4v) is 2.58. The lowest BCUT2D eigenvalue weighted by Gasteiger charge is -2.34. The molecule has 0 aromatic heterocycles. The number of hydrogen-bond acceptors (Lipinski definition) is 3. The monoisotopic (exact) mass is 264 g/mol. The number of aromatic hydroxyl groups is 1. The second-order valence-corrected chi connectivity index (χ2v) is 5.22. The first-order chi connectivity index (χ1) is 9.15. The molecule has 1 saturated carbocycles. The van der Waals surface area contributed by atoms with Gasteiger partial charge in [-0.2, -0.15) is 0 Å². The molecule has 1 amide bonds. The van der Waals surface area contributed by atoms with Crippen molar-refractivity contribution in [1.29, 1.82) is 0 Å². The highest BCUT2D eigenvalue weighted by Gasteiger charge is 2.32.